The number of fused-ring (bicyclic) bond motifs is 1. The number of likely N-dealkylation sites (tertiary alicyclic amines) is 1. The van der Waals surface area contributed by atoms with Crippen LogP contribution in [-0.2, 0) is 11.2 Å². The number of carbonyl (C=O) groups is 1. The summed E-state index contributed by atoms with van der Waals surface area (Å²) in [6, 6.07) is 11.1. The van der Waals surface area contributed by atoms with Crippen LogP contribution in [0.15, 0.2) is 48.8 Å². The van der Waals surface area contributed by atoms with E-state index in [9.17, 15) is 9.90 Å². The number of hydrogen-bond acceptors (Lipinski definition) is 6. The third kappa shape index (κ3) is 6.72. The highest BCUT2D eigenvalue weighted by atomic mass is 19.1. The van der Waals surface area contributed by atoms with Gasteiger partial charge in [-0.15, -0.1) is 0 Å². The Hall–Kier alpha value is -3.13. The summed E-state index contributed by atoms with van der Waals surface area (Å²) in [5, 5.41) is 18.3. The van der Waals surface area contributed by atoms with E-state index in [0.29, 0.717) is 24.2 Å². The van der Waals surface area contributed by atoms with E-state index >= 15 is 4.39 Å². The summed E-state index contributed by atoms with van der Waals surface area (Å²) in [6.45, 7) is 2.55. The third-order valence-electron chi connectivity index (χ3n) is 7.06. The van der Waals surface area contributed by atoms with Crippen molar-refractivity contribution in [3.63, 3.8) is 0 Å². The van der Waals surface area contributed by atoms with Crippen LogP contribution in [0.3, 0.4) is 0 Å². The monoisotopic (exact) mass is 480 g/mol. The molecule has 3 aromatic rings. The summed E-state index contributed by atoms with van der Waals surface area (Å²) in [6.07, 6.45) is 6.02. The van der Waals surface area contributed by atoms with Crippen LogP contribution in [0.1, 0.15) is 49.5 Å². The molecule has 2 aromatic heterocycles. The molecule has 0 unspecified atom stereocenters. The number of hydrogen-bond donors (Lipinski definition) is 1. The average Bonchev–Trinajstić information content (AvgIpc) is 2.87. The van der Waals surface area contributed by atoms with Crippen molar-refractivity contribution in [2.45, 2.75) is 44.7 Å². The van der Waals surface area contributed by atoms with Crippen LogP contribution < -0.4 is 4.74 Å². The lowest BCUT2D eigenvalue weighted by atomic mass is 9.79. The molecule has 8 heteroatoms. The number of carboxylic acid groups (broad SMARTS) is 1. The molecular formula is C27H33FN4O3. The van der Waals surface area contributed by atoms with Crippen LogP contribution in [-0.4, -0.2) is 57.9 Å². The number of benzene rings is 1. The first-order valence-electron chi connectivity index (χ1n) is 12.3. The van der Waals surface area contributed by atoms with E-state index in [4.69, 9.17) is 4.74 Å². The molecule has 0 radical (unpaired) electrons. The van der Waals surface area contributed by atoms with E-state index in [0.717, 1.165) is 55.5 Å². The first-order chi connectivity index (χ1) is 17.0. The van der Waals surface area contributed by atoms with Crippen molar-refractivity contribution in [3.05, 3.63) is 60.0 Å². The SMILES string of the molecule is COc1ccc2nccc([C@@H](F)CC[C@@H]3CCN(CCCc4cccnn4)C[C@@H]3CC(=O)O)c2c1. The number of rotatable bonds is 11. The first kappa shape index (κ1) is 25.0. The Labute approximate surface area is 205 Å². The van der Waals surface area contributed by atoms with Crippen molar-refractivity contribution in [1.29, 1.82) is 0 Å². The third-order valence-corrected chi connectivity index (χ3v) is 7.06. The molecule has 1 aliphatic rings. The van der Waals surface area contributed by atoms with Crippen LogP contribution in [0, 0.1) is 11.8 Å². The van der Waals surface area contributed by atoms with Crippen molar-refractivity contribution in [2.75, 3.05) is 26.7 Å². The minimum absolute atomic E-state index is 0.0271. The summed E-state index contributed by atoms with van der Waals surface area (Å²) in [4.78, 5) is 18.2. The predicted molar refractivity (Wildman–Crippen MR) is 132 cm³/mol. The maximum absolute atomic E-state index is 15.4. The molecule has 0 aliphatic carbocycles. The van der Waals surface area contributed by atoms with Gasteiger partial charge in [0, 0.05) is 30.7 Å². The Morgan fingerprint density at radius 2 is 2.14 bits per heavy atom. The number of halogens is 1. The van der Waals surface area contributed by atoms with E-state index in [2.05, 4.69) is 20.1 Å². The Balaban J connectivity index is 1.35. The first-order valence-corrected chi connectivity index (χ1v) is 12.3. The van der Waals surface area contributed by atoms with Gasteiger partial charge in [0.25, 0.3) is 0 Å². The zero-order chi connectivity index (χ0) is 24.6. The van der Waals surface area contributed by atoms with E-state index in [1.165, 1.54) is 0 Å². The van der Waals surface area contributed by atoms with E-state index in [1.807, 2.05) is 30.3 Å². The van der Waals surface area contributed by atoms with Crippen LogP contribution in [0.2, 0.25) is 0 Å². The molecule has 0 spiro atoms. The summed E-state index contributed by atoms with van der Waals surface area (Å²) < 4.78 is 20.8. The van der Waals surface area contributed by atoms with Crippen LogP contribution >= 0.6 is 0 Å². The molecule has 0 saturated carbocycles. The number of aryl methyl sites for hydroxylation is 1. The van der Waals surface area contributed by atoms with Gasteiger partial charge in [0.2, 0.25) is 0 Å². The Morgan fingerprint density at radius 1 is 1.26 bits per heavy atom. The predicted octanol–water partition coefficient (Wildman–Crippen LogP) is 4.87. The Kier molecular flexibility index (Phi) is 8.58. The molecule has 1 N–H and O–H groups in total. The largest absolute Gasteiger partial charge is 0.497 e. The number of piperidine rings is 1. The zero-order valence-corrected chi connectivity index (χ0v) is 20.1. The number of carboxylic acids is 1. The number of aromatic nitrogens is 3. The van der Waals surface area contributed by atoms with Gasteiger partial charge in [0.1, 0.15) is 11.9 Å². The molecule has 0 amide bonds. The molecule has 1 saturated heterocycles. The molecule has 3 atom stereocenters. The van der Waals surface area contributed by atoms with Gasteiger partial charge < -0.3 is 14.7 Å². The molecule has 4 rings (SSSR count). The normalized spacial score (nSPS) is 19.5. The maximum atomic E-state index is 15.4. The summed E-state index contributed by atoms with van der Waals surface area (Å²) in [7, 11) is 1.59. The fourth-order valence-corrected chi connectivity index (χ4v) is 5.21. The summed E-state index contributed by atoms with van der Waals surface area (Å²) in [5.41, 5.74) is 2.33. The number of alkyl halides is 1. The molecular weight excluding hydrogens is 447 g/mol. The fourth-order valence-electron chi connectivity index (χ4n) is 5.21. The van der Waals surface area contributed by atoms with Gasteiger partial charge >= 0.3 is 5.97 Å². The second kappa shape index (κ2) is 12.0. The van der Waals surface area contributed by atoms with Gasteiger partial charge in [0.05, 0.1) is 18.3 Å². The van der Waals surface area contributed by atoms with Crippen molar-refractivity contribution in [2.24, 2.45) is 11.8 Å². The van der Waals surface area contributed by atoms with Crippen molar-refractivity contribution < 1.29 is 19.0 Å². The van der Waals surface area contributed by atoms with Gasteiger partial charge in [-0.25, -0.2) is 4.39 Å². The van der Waals surface area contributed by atoms with Crippen LogP contribution in [0.25, 0.3) is 10.9 Å². The number of methoxy groups -OCH3 is 1. The van der Waals surface area contributed by atoms with Crippen LogP contribution in [0.4, 0.5) is 4.39 Å². The molecule has 3 heterocycles. The van der Waals surface area contributed by atoms with Gasteiger partial charge in [-0.2, -0.15) is 10.2 Å². The second-order valence-corrected chi connectivity index (χ2v) is 9.35. The van der Waals surface area contributed by atoms with E-state index in [1.54, 1.807) is 25.6 Å². The topological polar surface area (TPSA) is 88.4 Å². The zero-order valence-electron chi connectivity index (χ0n) is 20.1. The lowest BCUT2D eigenvalue weighted by molar-refractivity contribution is -0.139. The van der Waals surface area contributed by atoms with Gasteiger partial charge in [-0.1, -0.05) is 0 Å². The fraction of sp³-hybridized carbons (Fsp3) is 0.481. The number of aliphatic carboxylic acids is 1. The summed E-state index contributed by atoms with van der Waals surface area (Å²) in [5.74, 6) is 0.111. The van der Waals surface area contributed by atoms with Gasteiger partial charge in [-0.05, 0) is 99.0 Å². The average molecular weight is 481 g/mol. The van der Waals surface area contributed by atoms with Crippen molar-refractivity contribution in [3.8, 4) is 5.75 Å². The Morgan fingerprint density at radius 3 is 2.91 bits per heavy atom. The minimum atomic E-state index is -1.14. The Bertz CT molecular complexity index is 1110. The molecule has 1 fully saturated rings. The summed E-state index contributed by atoms with van der Waals surface area (Å²) >= 11 is 0. The van der Waals surface area contributed by atoms with E-state index < -0.39 is 12.1 Å². The number of nitrogens with zero attached hydrogens (tertiary/aromatic N) is 4. The highest BCUT2D eigenvalue weighted by Gasteiger charge is 2.31. The molecule has 35 heavy (non-hydrogen) atoms. The molecule has 7 nitrogen and oxygen atoms in total. The maximum Gasteiger partial charge on any atom is 0.303 e. The molecule has 1 aromatic carbocycles. The highest BCUT2D eigenvalue weighted by Crippen LogP contribution is 2.36. The van der Waals surface area contributed by atoms with Gasteiger partial charge in [-0.3, -0.25) is 9.78 Å². The van der Waals surface area contributed by atoms with E-state index in [-0.39, 0.29) is 18.3 Å². The minimum Gasteiger partial charge on any atom is -0.497 e. The van der Waals surface area contributed by atoms with Crippen molar-refractivity contribution in [1.82, 2.24) is 20.1 Å². The van der Waals surface area contributed by atoms with Crippen molar-refractivity contribution >= 4 is 16.9 Å². The van der Waals surface area contributed by atoms with Crippen LogP contribution in [0.5, 0.6) is 5.75 Å². The number of pyridine rings is 1. The molecule has 1 aliphatic heterocycles. The highest BCUT2D eigenvalue weighted by molar-refractivity contribution is 5.83. The molecule has 0 bridgehead atoms. The van der Waals surface area contributed by atoms with Gasteiger partial charge in [0.15, 0.2) is 0 Å². The lowest BCUT2D eigenvalue weighted by Crippen LogP contribution is -2.42. The quantitative estimate of drug-likeness (QED) is 0.419. The smallest absolute Gasteiger partial charge is 0.303 e. The lowest BCUT2D eigenvalue weighted by Gasteiger charge is -2.38. The second-order valence-electron chi connectivity index (χ2n) is 9.35. The molecule has 186 valence electrons. The number of ether oxygens (including phenoxy) is 1. The standard InChI is InChI=1S/C27H33FN4O3/c1-35-22-7-9-26-24(17-22)23(10-13-29-26)25(28)8-6-19-11-15-32(18-20(19)16-27(33)34)14-3-5-21-4-2-12-30-31-21/h2,4,7,9-10,12-13,17,19-20,25H,3,5-6,8,11,14-16,18H2,1H3,(H,33,34)/t19-,20+,25+/m1/s1.